The molecule has 16 heavy (non-hydrogen) atoms. The van der Waals surface area contributed by atoms with Gasteiger partial charge in [-0.25, -0.2) is 0 Å². The van der Waals surface area contributed by atoms with Crippen LogP contribution in [0, 0.1) is 6.92 Å². The summed E-state index contributed by atoms with van der Waals surface area (Å²) in [4.78, 5) is 0. The van der Waals surface area contributed by atoms with Crippen molar-refractivity contribution in [1.82, 2.24) is 0 Å². The summed E-state index contributed by atoms with van der Waals surface area (Å²) < 4.78 is 16.2. The molecule has 0 saturated heterocycles. The molecule has 0 aliphatic rings. The number of ether oxygens (including phenoxy) is 1. The number of rotatable bonds is 5. The quantitative estimate of drug-likeness (QED) is 0.749. The first-order valence-electron chi connectivity index (χ1n) is 5.04. The Morgan fingerprint density at radius 1 is 1.00 bits per heavy atom. The molecular formula is C12H13ClO3. The highest BCUT2D eigenvalue weighted by Gasteiger charge is 2.03. The van der Waals surface area contributed by atoms with Crippen LogP contribution in [0.1, 0.15) is 23.0 Å². The van der Waals surface area contributed by atoms with Crippen LogP contribution in [0.15, 0.2) is 33.1 Å². The van der Waals surface area contributed by atoms with Gasteiger partial charge in [-0.3, -0.25) is 0 Å². The van der Waals surface area contributed by atoms with Crippen molar-refractivity contribution in [3.63, 3.8) is 0 Å². The van der Waals surface area contributed by atoms with Crippen molar-refractivity contribution < 1.29 is 13.6 Å². The van der Waals surface area contributed by atoms with E-state index in [9.17, 15) is 0 Å². The van der Waals surface area contributed by atoms with E-state index in [2.05, 4.69) is 0 Å². The van der Waals surface area contributed by atoms with Gasteiger partial charge in [-0.2, -0.15) is 0 Å². The number of halogens is 1. The van der Waals surface area contributed by atoms with Crippen molar-refractivity contribution in [3.8, 4) is 0 Å². The summed E-state index contributed by atoms with van der Waals surface area (Å²) in [6, 6.07) is 7.53. The maximum Gasteiger partial charge on any atom is 0.129 e. The molecule has 0 fully saturated rings. The molecule has 4 heteroatoms. The van der Waals surface area contributed by atoms with E-state index in [4.69, 9.17) is 25.2 Å². The summed E-state index contributed by atoms with van der Waals surface area (Å²) in [7, 11) is 0. The fourth-order valence-corrected chi connectivity index (χ4v) is 1.53. The predicted molar refractivity (Wildman–Crippen MR) is 60.2 cm³/mol. The zero-order valence-electron chi connectivity index (χ0n) is 9.03. The second kappa shape index (κ2) is 5.23. The van der Waals surface area contributed by atoms with E-state index in [0.717, 1.165) is 23.0 Å². The molecule has 0 aliphatic heterocycles. The Hall–Kier alpha value is -1.19. The molecule has 0 spiro atoms. The molecule has 0 radical (unpaired) electrons. The lowest BCUT2D eigenvalue weighted by atomic mass is 10.4. The van der Waals surface area contributed by atoms with Crippen molar-refractivity contribution in [2.45, 2.75) is 26.0 Å². The first-order valence-corrected chi connectivity index (χ1v) is 5.58. The maximum atomic E-state index is 5.62. The Morgan fingerprint density at radius 2 is 1.62 bits per heavy atom. The molecule has 2 rings (SSSR count). The van der Waals surface area contributed by atoms with Gasteiger partial charge >= 0.3 is 0 Å². The minimum atomic E-state index is 0.386. The number of hydrogen-bond acceptors (Lipinski definition) is 3. The highest BCUT2D eigenvalue weighted by molar-refractivity contribution is 6.16. The van der Waals surface area contributed by atoms with Crippen molar-refractivity contribution >= 4 is 11.6 Å². The van der Waals surface area contributed by atoms with Gasteiger partial charge in [0.05, 0.1) is 5.88 Å². The van der Waals surface area contributed by atoms with Crippen LogP contribution < -0.4 is 0 Å². The SMILES string of the molecule is Cc1ccc(COCc2ccc(CCl)o2)o1. The zero-order valence-corrected chi connectivity index (χ0v) is 9.79. The molecule has 0 unspecified atom stereocenters. The largest absolute Gasteiger partial charge is 0.464 e. The molecule has 86 valence electrons. The lowest BCUT2D eigenvalue weighted by Crippen LogP contribution is -1.91. The van der Waals surface area contributed by atoms with Crippen LogP contribution in [-0.2, 0) is 23.8 Å². The van der Waals surface area contributed by atoms with Crippen LogP contribution in [-0.4, -0.2) is 0 Å². The molecule has 0 amide bonds. The van der Waals surface area contributed by atoms with Crippen LogP contribution in [0.4, 0.5) is 0 Å². The highest BCUT2D eigenvalue weighted by atomic mass is 35.5. The third-order valence-corrected chi connectivity index (χ3v) is 2.40. The van der Waals surface area contributed by atoms with E-state index in [1.807, 2.05) is 31.2 Å². The summed E-state index contributed by atoms with van der Waals surface area (Å²) in [6.45, 7) is 2.78. The van der Waals surface area contributed by atoms with Gasteiger partial charge in [-0.05, 0) is 31.2 Å². The average molecular weight is 241 g/mol. The Labute approximate surface area is 99.0 Å². The molecule has 2 aromatic rings. The van der Waals surface area contributed by atoms with Crippen LogP contribution in [0.5, 0.6) is 0 Å². The summed E-state index contributed by atoms with van der Waals surface area (Å²) in [5.74, 6) is 3.63. The van der Waals surface area contributed by atoms with Gasteiger partial charge in [0.2, 0.25) is 0 Å². The molecule has 0 bridgehead atoms. The third-order valence-electron chi connectivity index (χ3n) is 2.13. The number of furan rings is 2. The fourth-order valence-electron chi connectivity index (χ4n) is 1.39. The summed E-state index contributed by atoms with van der Waals surface area (Å²) in [6.07, 6.45) is 0. The van der Waals surface area contributed by atoms with Crippen LogP contribution in [0.2, 0.25) is 0 Å². The Kier molecular flexibility index (Phi) is 3.70. The fraction of sp³-hybridized carbons (Fsp3) is 0.333. The minimum absolute atomic E-state index is 0.386. The molecule has 0 aromatic carbocycles. The lowest BCUT2D eigenvalue weighted by Gasteiger charge is -1.99. The molecule has 0 aliphatic carbocycles. The zero-order chi connectivity index (χ0) is 11.4. The smallest absolute Gasteiger partial charge is 0.129 e. The van der Waals surface area contributed by atoms with E-state index in [-0.39, 0.29) is 0 Å². The van der Waals surface area contributed by atoms with Crippen molar-refractivity contribution in [1.29, 1.82) is 0 Å². The van der Waals surface area contributed by atoms with Gasteiger partial charge in [-0.1, -0.05) is 0 Å². The molecule has 3 nitrogen and oxygen atoms in total. The van der Waals surface area contributed by atoms with E-state index in [1.54, 1.807) is 0 Å². The first-order chi connectivity index (χ1) is 7.78. The van der Waals surface area contributed by atoms with Crippen molar-refractivity contribution in [2.24, 2.45) is 0 Å². The monoisotopic (exact) mass is 240 g/mol. The van der Waals surface area contributed by atoms with Crippen LogP contribution in [0.3, 0.4) is 0 Å². The van der Waals surface area contributed by atoms with Crippen LogP contribution >= 0.6 is 11.6 Å². The molecule has 0 N–H and O–H groups in total. The Balaban J connectivity index is 1.79. The average Bonchev–Trinajstić information content (AvgIpc) is 2.88. The molecule has 0 saturated carbocycles. The molecule has 0 atom stereocenters. The summed E-state index contributed by atoms with van der Waals surface area (Å²) in [5, 5.41) is 0. The van der Waals surface area contributed by atoms with E-state index in [1.165, 1.54) is 0 Å². The standard InChI is InChI=1S/C12H13ClO3/c1-9-2-3-11(15-9)7-14-8-12-5-4-10(6-13)16-12/h2-5H,6-8H2,1H3. The van der Waals surface area contributed by atoms with E-state index in [0.29, 0.717) is 19.1 Å². The second-order valence-electron chi connectivity index (χ2n) is 3.51. The number of aryl methyl sites for hydroxylation is 1. The van der Waals surface area contributed by atoms with Gasteiger partial charge in [-0.15, -0.1) is 11.6 Å². The summed E-state index contributed by atoms with van der Waals surface area (Å²) in [5.41, 5.74) is 0. The van der Waals surface area contributed by atoms with Crippen LogP contribution in [0.25, 0.3) is 0 Å². The van der Waals surface area contributed by atoms with Crippen molar-refractivity contribution in [3.05, 3.63) is 47.3 Å². The van der Waals surface area contributed by atoms with Gasteiger partial charge in [0.1, 0.15) is 36.3 Å². The van der Waals surface area contributed by atoms with E-state index < -0.39 is 0 Å². The molecule has 2 heterocycles. The highest BCUT2D eigenvalue weighted by Crippen LogP contribution is 2.13. The van der Waals surface area contributed by atoms with E-state index >= 15 is 0 Å². The normalized spacial score (nSPS) is 10.9. The topological polar surface area (TPSA) is 35.5 Å². The predicted octanol–water partition coefficient (Wildman–Crippen LogP) is 3.64. The first kappa shape index (κ1) is 11.3. The summed E-state index contributed by atoms with van der Waals surface area (Å²) >= 11 is 5.62. The van der Waals surface area contributed by atoms with Gasteiger partial charge in [0.15, 0.2) is 0 Å². The Morgan fingerprint density at radius 3 is 2.19 bits per heavy atom. The molecule has 2 aromatic heterocycles. The Bertz CT molecular complexity index is 445. The minimum Gasteiger partial charge on any atom is -0.464 e. The van der Waals surface area contributed by atoms with Gasteiger partial charge in [0, 0.05) is 0 Å². The van der Waals surface area contributed by atoms with Crippen molar-refractivity contribution in [2.75, 3.05) is 0 Å². The number of alkyl halides is 1. The van der Waals surface area contributed by atoms with Gasteiger partial charge < -0.3 is 13.6 Å². The molecular weight excluding hydrogens is 228 g/mol. The maximum absolute atomic E-state index is 5.62. The van der Waals surface area contributed by atoms with Gasteiger partial charge in [0.25, 0.3) is 0 Å². The second-order valence-corrected chi connectivity index (χ2v) is 3.77. The number of hydrogen-bond donors (Lipinski definition) is 0. The third kappa shape index (κ3) is 2.90. The lowest BCUT2D eigenvalue weighted by molar-refractivity contribution is 0.0793.